The molecule has 6 nitrogen and oxygen atoms in total. The van der Waals surface area contributed by atoms with Gasteiger partial charge in [0.25, 0.3) is 5.91 Å². The SMILES string of the molecule is CC(=O)Nc1ccc(N[C@@H]2CC(=O)N(c3ccccc3F)C2=O)cc1. The number of carbonyl (C=O) groups is 3. The number of imide groups is 1. The normalized spacial score (nSPS) is 16.9. The molecule has 1 fully saturated rings. The van der Waals surface area contributed by atoms with E-state index in [0.29, 0.717) is 11.4 Å². The summed E-state index contributed by atoms with van der Waals surface area (Å²) >= 11 is 0. The summed E-state index contributed by atoms with van der Waals surface area (Å²) in [5.74, 6) is -1.76. The Morgan fingerprint density at radius 3 is 2.36 bits per heavy atom. The van der Waals surface area contributed by atoms with E-state index in [4.69, 9.17) is 0 Å². The van der Waals surface area contributed by atoms with Crippen molar-refractivity contribution in [1.29, 1.82) is 0 Å². The van der Waals surface area contributed by atoms with E-state index in [2.05, 4.69) is 10.6 Å². The molecule has 1 atom stereocenters. The molecule has 0 saturated carbocycles. The molecular formula is C18H16FN3O3. The second-order valence-electron chi connectivity index (χ2n) is 5.68. The average Bonchev–Trinajstić information content (AvgIpc) is 2.83. The van der Waals surface area contributed by atoms with E-state index < -0.39 is 23.7 Å². The maximum absolute atomic E-state index is 13.9. The molecule has 128 valence electrons. The summed E-state index contributed by atoms with van der Waals surface area (Å²) in [6.07, 6.45) is -0.0549. The van der Waals surface area contributed by atoms with Crippen molar-refractivity contribution in [3.63, 3.8) is 0 Å². The number of para-hydroxylation sites is 1. The molecule has 0 aromatic heterocycles. The van der Waals surface area contributed by atoms with Crippen LogP contribution < -0.4 is 15.5 Å². The number of hydrogen-bond donors (Lipinski definition) is 2. The predicted octanol–water partition coefficient (Wildman–Crippen LogP) is 2.53. The average molecular weight is 341 g/mol. The van der Waals surface area contributed by atoms with Gasteiger partial charge in [0.15, 0.2) is 0 Å². The third kappa shape index (κ3) is 3.50. The van der Waals surface area contributed by atoms with E-state index in [9.17, 15) is 18.8 Å². The van der Waals surface area contributed by atoms with E-state index in [1.54, 1.807) is 30.3 Å². The van der Waals surface area contributed by atoms with E-state index in [1.165, 1.54) is 25.1 Å². The molecule has 0 bridgehead atoms. The first-order valence-corrected chi connectivity index (χ1v) is 7.71. The molecule has 2 N–H and O–H groups in total. The summed E-state index contributed by atoms with van der Waals surface area (Å²) in [5, 5.41) is 5.61. The van der Waals surface area contributed by atoms with Gasteiger partial charge < -0.3 is 10.6 Å². The van der Waals surface area contributed by atoms with Crippen LogP contribution in [0.5, 0.6) is 0 Å². The van der Waals surface area contributed by atoms with Crippen LogP contribution >= 0.6 is 0 Å². The molecule has 3 rings (SSSR count). The van der Waals surface area contributed by atoms with Crippen molar-refractivity contribution in [2.45, 2.75) is 19.4 Å². The van der Waals surface area contributed by atoms with Crippen LogP contribution in [0.25, 0.3) is 0 Å². The van der Waals surface area contributed by atoms with Crippen molar-refractivity contribution in [1.82, 2.24) is 0 Å². The number of amides is 3. The maximum atomic E-state index is 13.9. The van der Waals surface area contributed by atoms with Crippen LogP contribution in [0.2, 0.25) is 0 Å². The number of nitrogens with zero attached hydrogens (tertiary/aromatic N) is 1. The fourth-order valence-electron chi connectivity index (χ4n) is 2.69. The van der Waals surface area contributed by atoms with Gasteiger partial charge in [0.1, 0.15) is 11.9 Å². The molecule has 1 heterocycles. The molecule has 0 aliphatic carbocycles. The number of halogens is 1. The van der Waals surface area contributed by atoms with Gasteiger partial charge in [-0.15, -0.1) is 0 Å². The number of rotatable bonds is 4. The highest BCUT2D eigenvalue weighted by Crippen LogP contribution is 2.27. The molecule has 2 aromatic rings. The lowest BCUT2D eigenvalue weighted by Crippen LogP contribution is -2.35. The van der Waals surface area contributed by atoms with E-state index >= 15 is 0 Å². The molecule has 2 aromatic carbocycles. The number of carbonyl (C=O) groups excluding carboxylic acids is 3. The quantitative estimate of drug-likeness (QED) is 0.838. The highest BCUT2D eigenvalue weighted by Gasteiger charge is 2.40. The van der Waals surface area contributed by atoms with Crippen LogP contribution in [-0.4, -0.2) is 23.8 Å². The Bertz CT molecular complexity index is 836. The summed E-state index contributed by atoms with van der Waals surface area (Å²) in [5.41, 5.74) is 1.21. The van der Waals surface area contributed by atoms with Gasteiger partial charge in [0.05, 0.1) is 12.1 Å². The van der Waals surface area contributed by atoms with Gasteiger partial charge in [0, 0.05) is 18.3 Å². The Morgan fingerprint density at radius 2 is 1.72 bits per heavy atom. The summed E-state index contributed by atoms with van der Waals surface area (Å²) in [6.45, 7) is 1.41. The topological polar surface area (TPSA) is 78.5 Å². The zero-order valence-electron chi connectivity index (χ0n) is 13.5. The minimum atomic E-state index is -0.765. The van der Waals surface area contributed by atoms with Crippen LogP contribution in [0.1, 0.15) is 13.3 Å². The van der Waals surface area contributed by atoms with Crippen molar-refractivity contribution >= 4 is 34.8 Å². The van der Waals surface area contributed by atoms with Gasteiger partial charge in [-0.1, -0.05) is 12.1 Å². The van der Waals surface area contributed by atoms with E-state index in [1.807, 2.05) is 0 Å². The monoisotopic (exact) mass is 341 g/mol. The van der Waals surface area contributed by atoms with Crippen LogP contribution in [0.15, 0.2) is 48.5 Å². The fraction of sp³-hybridized carbons (Fsp3) is 0.167. The molecule has 0 unspecified atom stereocenters. The number of benzene rings is 2. The van der Waals surface area contributed by atoms with Gasteiger partial charge in [0.2, 0.25) is 11.8 Å². The number of anilines is 3. The maximum Gasteiger partial charge on any atom is 0.256 e. The third-order valence-corrected chi connectivity index (χ3v) is 3.79. The summed E-state index contributed by atoms with van der Waals surface area (Å²) in [7, 11) is 0. The van der Waals surface area contributed by atoms with Gasteiger partial charge in [-0.25, -0.2) is 9.29 Å². The number of hydrogen-bond acceptors (Lipinski definition) is 4. The Kier molecular flexibility index (Phi) is 4.47. The minimum absolute atomic E-state index is 0.0391. The zero-order chi connectivity index (χ0) is 18.0. The molecule has 1 saturated heterocycles. The molecule has 0 spiro atoms. The molecule has 1 aliphatic rings. The molecular weight excluding hydrogens is 325 g/mol. The van der Waals surface area contributed by atoms with Crippen LogP contribution in [0.3, 0.4) is 0 Å². The molecule has 3 amide bonds. The Morgan fingerprint density at radius 1 is 1.08 bits per heavy atom. The zero-order valence-corrected chi connectivity index (χ0v) is 13.5. The van der Waals surface area contributed by atoms with Crippen LogP contribution in [0.4, 0.5) is 21.5 Å². The lowest BCUT2D eigenvalue weighted by Gasteiger charge is -2.16. The minimum Gasteiger partial charge on any atom is -0.373 e. The standard InChI is InChI=1S/C18H16FN3O3/c1-11(23)20-12-6-8-13(9-7-12)21-15-10-17(24)22(18(15)25)16-5-3-2-4-14(16)19/h2-9,15,21H,10H2,1H3,(H,20,23)/t15-/m1/s1. The Labute approximate surface area is 143 Å². The molecule has 25 heavy (non-hydrogen) atoms. The van der Waals surface area contributed by atoms with Crippen LogP contribution in [0, 0.1) is 5.82 Å². The van der Waals surface area contributed by atoms with Gasteiger partial charge in [-0.3, -0.25) is 14.4 Å². The first kappa shape index (κ1) is 16.6. The van der Waals surface area contributed by atoms with Crippen molar-refractivity contribution < 1.29 is 18.8 Å². The second-order valence-corrected chi connectivity index (χ2v) is 5.68. The predicted molar refractivity (Wildman–Crippen MR) is 91.7 cm³/mol. The summed E-state index contributed by atoms with van der Waals surface area (Å²) < 4.78 is 13.9. The van der Waals surface area contributed by atoms with Crippen molar-refractivity contribution in [3.05, 3.63) is 54.3 Å². The van der Waals surface area contributed by atoms with E-state index in [-0.39, 0.29) is 18.0 Å². The van der Waals surface area contributed by atoms with Gasteiger partial charge in [-0.05, 0) is 36.4 Å². The smallest absolute Gasteiger partial charge is 0.256 e. The third-order valence-electron chi connectivity index (χ3n) is 3.79. The lowest BCUT2D eigenvalue weighted by atomic mass is 10.2. The van der Waals surface area contributed by atoms with Crippen molar-refractivity contribution in [3.8, 4) is 0 Å². The second kappa shape index (κ2) is 6.72. The first-order chi connectivity index (χ1) is 12.0. The highest BCUT2D eigenvalue weighted by atomic mass is 19.1. The molecule has 1 aliphatic heterocycles. The Balaban J connectivity index is 1.74. The summed E-state index contributed by atoms with van der Waals surface area (Å²) in [4.78, 5) is 36.6. The van der Waals surface area contributed by atoms with Crippen molar-refractivity contribution in [2.24, 2.45) is 0 Å². The van der Waals surface area contributed by atoms with E-state index in [0.717, 1.165) is 4.90 Å². The number of nitrogens with one attached hydrogen (secondary N) is 2. The van der Waals surface area contributed by atoms with Gasteiger partial charge in [-0.2, -0.15) is 0 Å². The van der Waals surface area contributed by atoms with Gasteiger partial charge >= 0.3 is 0 Å². The largest absolute Gasteiger partial charge is 0.373 e. The van der Waals surface area contributed by atoms with Crippen molar-refractivity contribution in [2.75, 3.05) is 15.5 Å². The first-order valence-electron chi connectivity index (χ1n) is 7.71. The summed E-state index contributed by atoms with van der Waals surface area (Å²) in [6, 6.07) is 11.6. The highest BCUT2D eigenvalue weighted by molar-refractivity contribution is 6.23. The Hall–Kier alpha value is -3.22. The molecule has 0 radical (unpaired) electrons. The molecule has 7 heteroatoms. The lowest BCUT2D eigenvalue weighted by molar-refractivity contribution is -0.121. The fourth-order valence-corrected chi connectivity index (χ4v) is 2.69. The van der Waals surface area contributed by atoms with Crippen LogP contribution in [-0.2, 0) is 14.4 Å².